The zero-order valence-corrected chi connectivity index (χ0v) is 15.2. The molecule has 2 atom stereocenters. The number of hydrogen-bond acceptors (Lipinski definition) is 3. The van der Waals surface area contributed by atoms with Crippen LogP contribution in [0.2, 0.25) is 0 Å². The van der Waals surface area contributed by atoms with E-state index in [-0.39, 0.29) is 11.9 Å². The Bertz CT molecular complexity index is 571. The first kappa shape index (κ1) is 18.1. The second-order valence-corrected chi connectivity index (χ2v) is 6.84. The van der Waals surface area contributed by atoms with Crippen LogP contribution in [0.4, 0.5) is 4.39 Å². The Morgan fingerprint density at radius 2 is 2.00 bits per heavy atom. The van der Waals surface area contributed by atoms with Gasteiger partial charge in [0.15, 0.2) is 5.96 Å². The largest absolute Gasteiger partial charge is 0.375 e. The van der Waals surface area contributed by atoms with E-state index in [0.29, 0.717) is 12.6 Å². The molecule has 0 amide bonds. The summed E-state index contributed by atoms with van der Waals surface area (Å²) in [6.07, 6.45) is 3.73. The van der Waals surface area contributed by atoms with Gasteiger partial charge >= 0.3 is 0 Å². The van der Waals surface area contributed by atoms with Crippen molar-refractivity contribution in [1.29, 1.82) is 0 Å². The van der Waals surface area contributed by atoms with Crippen LogP contribution >= 0.6 is 0 Å². The second kappa shape index (κ2) is 8.63. The summed E-state index contributed by atoms with van der Waals surface area (Å²) < 4.78 is 18.7. The first-order valence-corrected chi connectivity index (χ1v) is 9.19. The molecule has 0 aliphatic carbocycles. The Hall–Kier alpha value is -1.66. The Morgan fingerprint density at radius 1 is 1.28 bits per heavy atom. The van der Waals surface area contributed by atoms with Crippen molar-refractivity contribution in [3.8, 4) is 0 Å². The molecule has 1 aromatic carbocycles. The van der Waals surface area contributed by atoms with E-state index < -0.39 is 0 Å². The molecule has 2 heterocycles. The van der Waals surface area contributed by atoms with Crippen LogP contribution < -0.4 is 5.32 Å². The van der Waals surface area contributed by atoms with Crippen molar-refractivity contribution < 1.29 is 9.13 Å². The van der Waals surface area contributed by atoms with Crippen LogP contribution in [0, 0.1) is 5.82 Å². The molecule has 25 heavy (non-hydrogen) atoms. The van der Waals surface area contributed by atoms with E-state index in [0.717, 1.165) is 24.6 Å². The van der Waals surface area contributed by atoms with Crippen LogP contribution in [0.3, 0.4) is 0 Å². The number of likely N-dealkylation sites (tertiary alicyclic amines) is 2. The molecule has 1 aromatic rings. The summed E-state index contributed by atoms with van der Waals surface area (Å²) in [5.41, 5.74) is 0.961. The molecule has 0 radical (unpaired) electrons. The van der Waals surface area contributed by atoms with Gasteiger partial charge in [-0.2, -0.15) is 0 Å². The molecule has 2 aliphatic rings. The van der Waals surface area contributed by atoms with E-state index in [1.807, 2.05) is 7.05 Å². The molecule has 0 bridgehead atoms. The quantitative estimate of drug-likeness (QED) is 0.655. The monoisotopic (exact) mass is 348 g/mol. The predicted molar refractivity (Wildman–Crippen MR) is 98.3 cm³/mol. The zero-order valence-electron chi connectivity index (χ0n) is 15.2. The fraction of sp³-hybridized carbons (Fsp3) is 0.632. The molecule has 0 saturated carbocycles. The topological polar surface area (TPSA) is 40.1 Å². The SMILES string of the molecule is CN=C(NCC(OC)c1ccc(F)cc1)N1CCC(N2CCCC2)C1. The van der Waals surface area contributed by atoms with E-state index in [1.54, 1.807) is 19.2 Å². The van der Waals surface area contributed by atoms with Gasteiger partial charge in [-0.15, -0.1) is 0 Å². The summed E-state index contributed by atoms with van der Waals surface area (Å²) in [5.74, 6) is 0.693. The summed E-state index contributed by atoms with van der Waals surface area (Å²) in [6.45, 7) is 5.16. The molecular weight excluding hydrogens is 319 g/mol. The number of ether oxygens (including phenoxy) is 1. The molecule has 3 rings (SSSR count). The number of aliphatic imine (C=N–C) groups is 1. The highest BCUT2D eigenvalue weighted by Gasteiger charge is 2.30. The van der Waals surface area contributed by atoms with Crippen LogP contribution in [0.5, 0.6) is 0 Å². The minimum Gasteiger partial charge on any atom is -0.375 e. The number of methoxy groups -OCH3 is 1. The highest BCUT2D eigenvalue weighted by molar-refractivity contribution is 5.80. The lowest BCUT2D eigenvalue weighted by Gasteiger charge is -2.26. The molecule has 2 fully saturated rings. The molecule has 0 aromatic heterocycles. The van der Waals surface area contributed by atoms with Crippen molar-refractivity contribution in [2.75, 3.05) is 46.9 Å². The average Bonchev–Trinajstić information content (AvgIpc) is 3.31. The summed E-state index contributed by atoms with van der Waals surface area (Å²) in [5, 5.41) is 3.43. The molecular formula is C19H29FN4O. The maximum absolute atomic E-state index is 13.1. The lowest BCUT2D eigenvalue weighted by molar-refractivity contribution is 0.106. The Balaban J connectivity index is 1.54. The number of nitrogens with zero attached hydrogens (tertiary/aromatic N) is 3. The highest BCUT2D eigenvalue weighted by atomic mass is 19.1. The number of guanidine groups is 1. The molecule has 5 nitrogen and oxygen atoms in total. The third-order valence-corrected chi connectivity index (χ3v) is 5.30. The standard InChI is InChI=1S/C19H29FN4O/c1-21-19(24-12-9-17(14-24)23-10-3-4-11-23)22-13-18(25-2)15-5-7-16(20)8-6-15/h5-8,17-18H,3-4,9-14H2,1-2H3,(H,21,22). The molecule has 6 heteroatoms. The number of benzene rings is 1. The van der Waals surface area contributed by atoms with Gasteiger partial charge in [0.25, 0.3) is 0 Å². The van der Waals surface area contributed by atoms with Gasteiger partial charge in [0.1, 0.15) is 5.82 Å². The third kappa shape index (κ3) is 4.50. The smallest absolute Gasteiger partial charge is 0.193 e. The van der Waals surface area contributed by atoms with Crippen molar-refractivity contribution in [1.82, 2.24) is 15.1 Å². The average molecular weight is 348 g/mol. The second-order valence-electron chi connectivity index (χ2n) is 6.84. The molecule has 2 aliphatic heterocycles. The maximum Gasteiger partial charge on any atom is 0.193 e. The van der Waals surface area contributed by atoms with Gasteiger partial charge in [-0.3, -0.25) is 9.89 Å². The number of nitrogens with one attached hydrogen (secondary N) is 1. The maximum atomic E-state index is 13.1. The van der Waals surface area contributed by atoms with Crippen molar-refractivity contribution in [3.63, 3.8) is 0 Å². The molecule has 1 N–H and O–H groups in total. The van der Waals surface area contributed by atoms with Crippen molar-refractivity contribution in [3.05, 3.63) is 35.6 Å². The van der Waals surface area contributed by atoms with Crippen LogP contribution in [0.25, 0.3) is 0 Å². The third-order valence-electron chi connectivity index (χ3n) is 5.30. The molecule has 2 saturated heterocycles. The first-order chi connectivity index (χ1) is 12.2. The lowest BCUT2D eigenvalue weighted by atomic mass is 10.1. The van der Waals surface area contributed by atoms with Gasteiger partial charge in [-0.05, 0) is 50.0 Å². The normalized spacial score (nSPS) is 23.2. The van der Waals surface area contributed by atoms with Gasteiger partial charge in [0, 0.05) is 39.8 Å². The summed E-state index contributed by atoms with van der Waals surface area (Å²) in [7, 11) is 3.50. The van der Waals surface area contributed by atoms with E-state index in [2.05, 4.69) is 20.1 Å². The van der Waals surface area contributed by atoms with E-state index in [4.69, 9.17) is 4.74 Å². The Kier molecular flexibility index (Phi) is 6.26. The Labute approximate surface area is 149 Å². The minimum absolute atomic E-state index is 0.130. The summed E-state index contributed by atoms with van der Waals surface area (Å²) >= 11 is 0. The van der Waals surface area contributed by atoms with Crippen molar-refractivity contribution >= 4 is 5.96 Å². The van der Waals surface area contributed by atoms with Crippen LogP contribution in [-0.4, -0.2) is 68.7 Å². The van der Waals surface area contributed by atoms with Crippen molar-refractivity contribution in [2.24, 2.45) is 4.99 Å². The summed E-state index contributed by atoms with van der Waals surface area (Å²) in [6, 6.07) is 7.13. The molecule has 138 valence electrons. The fourth-order valence-corrected chi connectivity index (χ4v) is 3.87. The molecule has 2 unspecified atom stereocenters. The van der Waals surface area contributed by atoms with E-state index >= 15 is 0 Å². The fourth-order valence-electron chi connectivity index (χ4n) is 3.87. The van der Waals surface area contributed by atoms with Gasteiger partial charge in [0.2, 0.25) is 0 Å². The molecule has 0 spiro atoms. The van der Waals surface area contributed by atoms with Gasteiger partial charge in [-0.1, -0.05) is 12.1 Å². The summed E-state index contributed by atoms with van der Waals surface area (Å²) in [4.78, 5) is 9.39. The number of hydrogen-bond donors (Lipinski definition) is 1. The highest BCUT2D eigenvalue weighted by Crippen LogP contribution is 2.21. The van der Waals surface area contributed by atoms with Crippen LogP contribution in [0.1, 0.15) is 30.9 Å². The predicted octanol–water partition coefficient (Wildman–Crippen LogP) is 2.26. The number of halogens is 1. The van der Waals surface area contributed by atoms with Crippen molar-refractivity contribution in [2.45, 2.75) is 31.4 Å². The van der Waals surface area contributed by atoms with E-state index in [1.165, 1.54) is 44.5 Å². The van der Waals surface area contributed by atoms with Crippen LogP contribution in [-0.2, 0) is 4.74 Å². The Morgan fingerprint density at radius 3 is 2.64 bits per heavy atom. The van der Waals surface area contributed by atoms with Gasteiger partial charge in [0.05, 0.1) is 6.10 Å². The lowest BCUT2D eigenvalue weighted by Crippen LogP contribution is -2.44. The first-order valence-electron chi connectivity index (χ1n) is 9.19. The minimum atomic E-state index is -0.229. The van der Waals surface area contributed by atoms with Gasteiger partial charge in [-0.25, -0.2) is 4.39 Å². The van der Waals surface area contributed by atoms with Gasteiger partial charge < -0.3 is 15.0 Å². The zero-order chi connectivity index (χ0) is 17.6. The number of rotatable bonds is 5. The van der Waals surface area contributed by atoms with E-state index in [9.17, 15) is 4.39 Å². The van der Waals surface area contributed by atoms with Crippen LogP contribution in [0.15, 0.2) is 29.3 Å².